The topological polar surface area (TPSA) is 0 Å². The van der Waals surface area contributed by atoms with Crippen LogP contribution in [0.1, 0.15) is 51.4 Å². The van der Waals surface area contributed by atoms with E-state index in [-0.39, 0.29) is 0 Å². The van der Waals surface area contributed by atoms with E-state index in [9.17, 15) is 0 Å². The number of benzene rings is 4. The monoisotopic (exact) mass is 616 g/mol. The van der Waals surface area contributed by atoms with Crippen LogP contribution in [0.3, 0.4) is 0 Å². The molecule has 0 heterocycles. The van der Waals surface area contributed by atoms with Gasteiger partial charge < -0.3 is 0 Å². The molecule has 2 fully saturated rings. The van der Waals surface area contributed by atoms with E-state index in [0.29, 0.717) is 17.0 Å². The van der Waals surface area contributed by atoms with Gasteiger partial charge in [-0.1, -0.05) is 0 Å². The molecule has 37 heavy (non-hydrogen) atoms. The summed E-state index contributed by atoms with van der Waals surface area (Å²) in [6.45, 7) is 0. The Balaban J connectivity index is 1.66. The summed E-state index contributed by atoms with van der Waals surface area (Å²) in [5.74, 6) is 0. The quantitative estimate of drug-likeness (QED) is 0.141. The molecule has 0 N–H and O–H groups in total. The first-order valence-electron chi connectivity index (χ1n) is 14.2. The molecule has 4 aromatic rings. The van der Waals surface area contributed by atoms with Crippen molar-refractivity contribution in [2.45, 2.75) is 62.7 Å². The number of hydrogen-bond acceptors (Lipinski definition) is 0. The van der Waals surface area contributed by atoms with Crippen molar-refractivity contribution in [2.75, 3.05) is 0 Å². The summed E-state index contributed by atoms with van der Waals surface area (Å²) in [6, 6.07) is 47.7. The Morgan fingerprint density at radius 2 is 0.622 bits per heavy atom. The molecular weight excluding hydrogens is 577 g/mol. The molecule has 0 aromatic heterocycles. The summed E-state index contributed by atoms with van der Waals surface area (Å²) in [5, 5.41) is 6.79. The van der Waals surface area contributed by atoms with Crippen LogP contribution in [-0.2, 0) is 17.0 Å². The molecule has 6 rings (SSSR count). The van der Waals surface area contributed by atoms with Crippen molar-refractivity contribution in [1.29, 1.82) is 0 Å². The molecule has 199 valence electrons. The summed E-state index contributed by atoms with van der Waals surface area (Å²) in [6.07, 6.45) is 11.3. The molecule has 4 aromatic carbocycles. The third-order valence-electron chi connectivity index (χ3n) is 8.74. The summed E-state index contributed by atoms with van der Waals surface area (Å²) in [4.78, 5) is 0. The Labute approximate surface area is 232 Å². The standard InChI is InChI=1S/2C17H19P.Pd/c2*1-3-9-15(10-4-1)18(17-13-7-8-14-17)16-11-5-2-6-12-16;/h2*1-6,9-12,17H,7-8,13-14H2;/q;;-5/p+2. The molecule has 2 aliphatic carbocycles. The van der Waals surface area contributed by atoms with E-state index in [1.807, 2.05) is 0 Å². The van der Waals surface area contributed by atoms with E-state index in [2.05, 4.69) is 121 Å². The second kappa shape index (κ2) is 11.6. The maximum atomic E-state index is 2.53. The average Bonchev–Trinajstić information content (AvgIpc) is 3.72. The van der Waals surface area contributed by atoms with Crippen molar-refractivity contribution in [3.63, 3.8) is 0 Å². The van der Waals surface area contributed by atoms with Crippen LogP contribution in [0.25, 0.3) is 0 Å². The van der Waals surface area contributed by atoms with Crippen molar-refractivity contribution in [1.82, 2.24) is 0 Å². The molecular formula is C34H40P2Pd-3. The Morgan fingerprint density at radius 1 is 0.378 bits per heavy atom. The van der Waals surface area contributed by atoms with E-state index in [0.717, 1.165) is 11.3 Å². The summed E-state index contributed by atoms with van der Waals surface area (Å²) in [7, 11) is 0. The van der Waals surface area contributed by atoms with E-state index < -0.39 is 10.9 Å². The molecule has 0 aliphatic heterocycles. The summed E-state index contributed by atoms with van der Waals surface area (Å²) < 4.78 is 0. The van der Waals surface area contributed by atoms with Gasteiger partial charge >= 0.3 is 233 Å². The van der Waals surface area contributed by atoms with Gasteiger partial charge in [0.1, 0.15) is 0 Å². The Kier molecular flexibility index (Phi) is 8.08. The van der Waals surface area contributed by atoms with E-state index in [4.69, 9.17) is 0 Å². The molecule has 2 aliphatic rings. The Bertz CT molecular complexity index is 1070. The van der Waals surface area contributed by atoms with E-state index >= 15 is 0 Å². The van der Waals surface area contributed by atoms with Crippen LogP contribution < -0.4 is 21.2 Å². The normalized spacial score (nSPS) is 18.3. The molecule has 0 bridgehead atoms. The van der Waals surface area contributed by atoms with Crippen molar-refractivity contribution < 1.29 is 17.0 Å². The summed E-state index contributed by atoms with van der Waals surface area (Å²) >= 11 is 0.699. The van der Waals surface area contributed by atoms with Gasteiger partial charge in [0.05, 0.1) is 0 Å². The predicted molar refractivity (Wildman–Crippen MR) is 165 cm³/mol. The molecule has 3 heteroatoms. The minimum absolute atomic E-state index is 0.699. The van der Waals surface area contributed by atoms with Gasteiger partial charge in [-0.05, 0) is 0 Å². The van der Waals surface area contributed by atoms with Gasteiger partial charge in [-0.15, -0.1) is 0 Å². The zero-order valence-corrected chi connectivity index (χ0v) is 25.2. The molecule has 2 saturated carbocycles. The maximum absolute atomic E-state index is 2.53. The van der Waals surface area contributed by atoms with Crippen LogP contribution in [-0.4, -0.2) is 11.3 Å². The van der Waals surface area contributed by atoms with Gasteiger partial charge in [0.15, 0.2) is 0 Å². The average molecular weight is 617 g/mol. The fourth-order valence-electron chi connectivity index (χ4n) is 7.08. The first kappa shape index (κ1) is 25.7. The van der Waals surface area contributed by atoms with Crippen LogP contribution in [0.4, 0.5) is 0 Å². The Hall–Kier alpha value is -1.60. The zero-order valence-electron chi connectivity index (χ0n) is 21.7. The Morgan fingerprint density at radius 3 is 0.865 bits per heavy atom. The molecule has 0 saturated heterocycles. The number of hydrogen-bond donors (Lipinski definition) is 0. The molecule has 0 atom stereocenters. The van der Waals surface area contributed by atoms with Gasteiger partial charge in [0.25, 0.3) is 0 Å². The van der Waals surface area contributed by atoms with Crippen molar-refractivity contribution in [2.24, 2.45) is 0 Å². The van der Waals surface area contributed by atoms with Crippen LogP contribution in [0.5, 0.6) is 0 Å². The second-order valence-corrected chi connectivity index (χ2v) is 28.9. The van der Waals surface area contributed by atoms with Crippen LogP contribution >= 0.6 is 10.9 Å². The van der Waals surface area contributed by atoms with Gasteiger partial charge in [-0.3, -0.25) is 0 Å². The van der Waals surface area contributed by atoms with Gasteiger partial charge in [0.2, 0.25) is 0 Å². The molecule has 0 spiro atoms. The van der Waals surface area contributed by atoms with Crippen LogP contribution in [0.2, 0.25) is 0 Å². The van der Waals surface area contributed by atoms with Gasteiger partial charge in [-0.2, -0.15) is 0 Å². The first-order valence-corrected chi connectivity index (χ1v) is 22.6. The van der Waals surface area contributed by atoms with Crippen molar-refractivity contribution in [3.05, 3.63) is 121 Å². The van der Waals surface area contributed by atoms with Gasteiger partial charge in [0, 0.05) is 0 Å². The minimum atomic E-state index is -2.07. The zero-order chi connectivity index (χ0) is 25.0. The third-order valence-corrected chi connectivity index (χ3v) is 38.8. The molecule has 0 unspecified atom stereocenters. The molecule has 0 nitrogen and oxygen atoms in total. The van der Waals surface area contributed by atoms with Crippen LogP contribution in [0, 0.1) is 0 Å². The SMILES string of the molecule is c1ccc([PH]([Pd-3][PH](c2ccccc2)(c2ccccc2)C2CCCC2)(c2ccccc2)C2CCCC2)cc1. The van der Waals surface area contributed by atoms with Crippen molar-refractivity contribution >= 4 is 32.1 Å². The van der Waals surface area contributed by atoms with E-state index in [1.165, 1.54) is 51.4 Å². The third kappa shape index (κ3) is 4.84. The van der Waals surface area contributed by atoms with Gasteiger partial charge in [-0.25, -0.2) is 0 Å². The fraction of sp³-hybridized carbons (Fsp3) is 0.294. The van der Waals surface area contributed by atoms with Crippen LogP contribution in [0.15, 0.2) is 121 Å². The van der Waals surface area contributed by atoms with E-state index in [1.54, 1.807) is 21.2 Å². The fourth-order valence-corrected chi connectivity index (χ4v) is 47.0. The molecule has 0 radical (unpaired) electrons. The second-order valence-electron chi connectivity index (χ2n) is 10.8. The summed E-state index contributed by atoms with van der Waals surface area (Å²) in [5.41, 5.74) is -2.46. The predicted octanol–water partition coefficient (Wildman–Crippen LogP) is 7.59. The number of rotatable bonds is 8. The van der Waals surface area contributed by atoms with Crippen molar-refractivity contribution in [3.8, 4) is 0 Å². The first-order chi connectivity index (χ1) is 18.3. The molecule has 0 amide bonds.